The molecule has 1 aromatic carbocycles. The van der Waals surface area contributed by atoms with E-state index in [-0.39, 0.29) is 6.61 Å². The number of benzene rings is 1. The fourth-order valence-electron chi connectivity index (χ4n) is 3.63. The maximum atomic E-state index is 9.30. The summed E-state index contributed by atoms with van der Waals surface area (Å²) in [4.78, 5) is 4.87. The van der Waals surface area contributed by atoms with Crippen molar-refractivity contribution in [2.24, 2.45) is 0 Å². The van der Waals surface area contributed by atoms with E-state index >= 15 is 0 Å². The Morgan fingerprint density at radius 1 is 1.25 bits per heavy atom. The fourth-order valence-corrected chi connectivity index (χ4v) is 3.63. The number of nitrogens with zero attached hydrogens (tertiary/aromatic N) is 4. The van der Waals surface area contributed by atoms with Crippen molar-refractivity contribution in [3.63, 3.8) is 0 Å². The van der Waals surface area contributed by atoms with E-state index in [0.717, 1.165) is 32.6 Å². The number of likely N-dealkylation sites (N-methyl/N-ethyl adjacent to an activating group) is 1. The Balaban J connectivity index is 1.85. The predicted octanol–water partition coefficient (Wildman–Crippen LogP) is 1.99. The second-order valence-corrected chi connectivity index (χ2v) is 6.91. The molecular formula is C19H28N4O. The first-order chi connectivity index (χ1) is 11.6. The fraction of sp³-hybridized carbons (Fsp3) is 0.526. The average Bonchev–Trinajstić information content (AvgIpc) is 3.07. The second kappa shape index (κ2) is 7.47. The van der Waals surface area contributed by atoms with Crippen LogP contribution in [0.4, 0.5) is 0 Å². The first kappa shape index (κ1) is 17.1. The summed E-state index contributed by atoms with van der Waals surface area (Å²) in [5, 5.41) is 13.7. The molecule has 130 valence electrons. The SMILES string of the molecule is Cc1cc(C)c(CN2CCN(C)[C@H](CCO)C2)c(-n2cccn2)c1. The van der Waals surface area contributed by atoms with Crippen molar-refractivity contribution in [3.05, 3.63) is 47.3 Å². The van der Waals surface area contributed by atoms with Crippen LogP contribution in [0, 0.1) is 13.8 Å². The lowest BCUT2D eigenvalue weighted by atomic mass is 10.0. The lowest BCUT2D eigenvalue weighted by Crippen LogP contribution is -2.51. The van der Waals surface area contributed by atoms with E-state index in [2.05, 4.69) is 47.9 Å². The van der Waals surface area contributed by atoms with Crippen LogP contribution in [0.5, 0.6) is 0 Å². The summed E-state index contributed by atoms with van der Waals surface area (Å²) < 4.78 is 1.97. The van der Waals surface area contributed by atoms with Crippen molar-refractivity contribution in [2.75, 3.05) is 33.3 Å². The Morgan fingerprint density at radius 2 is 2.08 bits per heavy atom. The quantitative estimate of drug-likeness (QED) is 0.912. The Morgan fingerprint density at radius 3 is 2.79 bits per heavy atom. The van der Waals surface area contributed by atoms with Gasteiger partial charge >= 0.3 is 0 Å². The molecule has 1 aliphatic heterocycles. The molecule has 5 heteroatoms. The van der Waals surface area contributed by atoms with Gasteiger partial charge in [0.05, 0.1) is 5.69 Å². The summed E-state index contributed by atoms with van der Waals surface area (Å²) in [5.41, 5.74) is 5.10. The lowest BCUT2D eigenvalue weighted by Gasteiger charge is -2.39. The molecule has 1 aromatic heterocycles. The highest BCUT2D eigenvalue weighted by Crippen LogP contribution is 2.24. The molecule has 1 aliphatic rings. The number of hydrogen-bond donors (Lipinski definition) is 1. The van der Waals surface area contributed by atoms with Crippen molar-refractivity contribution < 1.29 is 5.11 Å². The number of piperazine rings is 1. The molecule has 0 radical (unpaired) electrons. The van der Waals surface area contributed by atoms with Gasteiger partial charge in [-0.2, -0.15) is 5.10 Å². The number of aliphatic hydroxyl groups is 1. The average molecular weight is 328 g/mol. The highest BCUT2D eigenvalue weighted by molar-refractivity contribution is 5.48. The van der Waals surface area contributed by atoms with E-state index in [1.807, 2.05) is 23.1 Å². The van der Waals surface area contributed by atoms with E-state index in [1.54, 1.807) is 0 Å². The molecule has 0 unspecified atom stereocenters. The number of aryl methyl sites for hydroxylation is 2. The predicted molar refractivity (Wildman–Crippen MR) is 96.4 cm³/mol. The van der Waals surface area contributed by atoms with Gasteiger partial charge in [-0.15, -0.1) is 0 Å². The molecule has 0 aliphatic carbocycles. The molecule has 1 fully saturated rings. The minimum Gasteiger partial charge on any atom is -0.396 e. The second-order valence-electron chi connectivity index (χ2n) is 6.91. The number of aliphatic hydroxyl groups excluding tert-OH is 1. The van der Waals surface area contributed by atoms with Crippen LogP contribution < -0.4 is 0 Å². The van der Waals surface area contributed by atoms with E-state index in [0.29, 0.717) is 6.04 Å². The smallest absolute Gasteiger partial charge is 0.0695 e. The molecule has 3 rings (SSSR count). The van der Waals surface area contributed by atoms with Gasteiger partial charge in [0.25, 0.3) is 0 Å². The van der Waals surface area contributed by atoms with Crippen LogP contribution in [-0.4, -0.2) is 64.0 Å². The van der Waals surface area contributed by atoms with E-state index in [9.17, 15) is 5.11 Å². The molecule has 1 N–H and O–H groups in total. The molecule has 0 saturated carbocycles. The maximum Gasteiger partial charge on any atom is 0.0695 e. The monoisotopic (exact) mass is 328 g/mol. The van der Waals surface area contributed by atoms with Gasteiger partial charge < -0.3 is 10.0 Å². The highest BCUT2D eigenvalue weighted by Gasteiger charge is 2.25. The van der Waals surface area contributed by atoms with Gasteiger partial charge in [-0.3, -0.25) is 4.90 Å². The van der Waals surface area contributed by atoms with Crippen LogP contribution >= 0.6 is 0 Å². The Hall–Kier alpha value is -1.69. The van der Waals surface area contributed by atoms with Crippen LogP contribution in [0.2, 0.25) is 0 Å². The van der Waals surface area contributed by atoms with Crippen molar-refractivity contribution in [3.8, 4) is 5.69 Å². The third-order valence-electron chi connectivity index (χ3n) is 5.05. The summed E-state index contributed by atoms with van der Waals surface area (Å²) in [6.45, 7) is 8.62. The van der Waals surface area contributed by atoms with E-state index < -0.39 is 0 Å². The molecule has 0 spiro atoms. The van der Waals surface area contributed by atoms with Crippen molar-refractivity contribution in [1.29, 1.82) is 0 Å². The molecule has 2 heterocycles. The van der Waals surface area contributed by atoms with Gasteiger partial charge in [-0.25, -0.2) is 4.68 Å². The highest BCUT2D eigenvalue weighted by atomic mass is 16.3. The van der Waals surface area contributed by atoms with Gasteiger partial charge in [-0.05, 0) is 56.1 Å². The van der Waals surface area contributed by atoms with Crippen LogP contribution in [0.15, 0.2) is 30.6 Å². The van der Waals surface area contributed by atoms with Gasteiger partial charge in [-0.1, -0.05) is 6.07 Å². The molecule has 1 saturated heterocycles. The van der Waals surface area contributed by atoms with Crippen LogP contribution in [0.25, 0.3) is 5.69 Å². The minimum atomic E-state index is 0.255. The summed E-state index contributed by atoms with van der Waals surface area (Å²) >= 11 is 0. The molecule has 0 amide bonds. The summed E-state index contributed by atoms with van der Waals surface area (Å²) in [6, 6.07) is 6.87. The normalized spacial score (nSPS) is 19.8. The maximum absolute atomic E-state index is 9.30. The van der Waals surface area contributed by atoms with Crippen LogP contribution in [0.1, 0.15) is 23.1 Å². The van der Waals surface area contributed by atoms with Crippen LogP contribution in [-0.2, 0) is 6.54 Å². The number of hydrogen-bond acceptors (Lipinski definition) is 4. The molecule has 24 heavy (non-hydrogen) atoms. The van der Waals surface area contributed by atoms with E-state index in [1.165, 1.54) is 22.4 Å². The minimum absolute atomic E-state index is 0.255. The van der Waals surface area contributed by atoms with Gasteiger partial charge in [0.2, 0.25) is 0 Å². The standard InChI is InChI=1S/C19H28N4O/c1-15-11-16(2)18(19(12-15)23-7-4-6-20-23)14-22-9-8-21(3)17(13-22)5-10-24/h4,6-7,11-12,17,24H,5,8-10,13-14H2,1-3H3/t17-/m1/s1. The summed E-state index contributed by atoms with van der Waals surface area (Å²) in [7, 11) is 2.16. The Bertz CT molecular complexity index is 668. The molecular weight excluding hydrogens is 300 g/mol. The number of aromatic nitrogens is 2. The van der Waals surface area contributed by atoms with Gasteiger partial charge in [0.1, 0.15) is 0 Å². The first-order valence-corrected chi connectivity index (χ1v) is 8.72. The zero-order chi connectivity index (χ0) is 17.1. The Kier molecular flexibility index (Phi) is 5.33. The lowest BCUT2D eigenvalue weighted by molar-refractivity contribution is 0.0742. The topological polar surface area (TPSA) is 44.5 Å². The third kappa shape index (κ3) is 3.69. The van der Waals surface area contributed by atoms with Crippen molar-refractivity contribution in [1.82, 2.24) is 19.6 Å². The Labute approximate surface area is 144 Å². The van der Waals surface area contributed by atoms with Crippen molar-refractivity contribution >= 4 is 0 Å². The van der Waals surface area contributed by atoms with Gasteiger partial charge in [0.15, 0.2) is 0 Å². The molecule has 0 bridgehead atoms. The largest absolute Gasteiger partial charge is 0.396 e. The zero-order valence-electron chi connectivity index (χ0n) is 14.9. The van der Waals surface area contributed by atoms with Crippen molar-refractivity contribution in [2.45, 2.75) is 32.9 Å². The first-order valence-electron chi connectivity index (χ1n) is 8.72. The van der Waals surface area contributed by atoms with Crippen LogP contribution in [0.3, 0.4) is 0 Å². The van der Waals surface area contributed by atoms with Gasteiger partial charge in [0, 0.05) is 51.2 Å². The molecule has 1 atom stereocenters. The third-order valence-corrected chi connectivity index (χ3v) is 5.05. The van der Waals surface area contributed by atoms with E-state index in [4.69, 9.17) is 0 Å². The summed E-state index contributed by atoms with van der Waals surface area (Å²) in [6.07, 6.45) is 4.68. The summed E-state index contributed by atoms with van der Waals surface area (Å²) in [5.74, 6) is 0. The molecule has 5 nitrogen and oxygen atoms in total. The zero-order valence-corrected chi connectivity index (χ0v) is 14.9. The molecule has 2 aromatic rings. The number of rotatable bonds is 5.